The molecule has 3 saturated heterocycles. The summed E-state index contributed by atoms with van der Waals surface area (Å²) < 4.78 is 11.0. The van der Waals surface area contributed by atoms with Crippen LogP contribution in [0.1, 0.15) is 52.4 Å². The molecule has 0 radical (unpaired) electrons. The minimum Gasteiger partial charge on any atom is -0.464 e. The molecular formula is C20H29NO5. The molecule has 2 amide bonds. The summed E-state index contributed by atoms with van der Waals surface area (Å²) in [6.07, 6.45) is 5.92. The van der Waals surface area contributed by atoms with Gasteiger partial charge in [-0.3, -0.25) is 19.3 Å². The van der Waals surface area contributed by atoms with E-state index in [1.807, 2.05) is 0 Å². The van der Waals surface area contributed by atoms with Gasteiger partial charge in [0.25, 0.3) is 0 Å². The summed E-state index contributed by atoms with van der Waals surface area (Å²) in [4.78, 5) is 38.3. The maximum Gasteiger partial charge on any atom is 0.326 e. The lowest BCUT2D eigenvalue weighted by molar-refractivity contribution is -0.154. The Morgan fingerprint density at radius 2 is 1.62 bits per heavy atom. The Labute approximate surface area is 154 Å². The molecule has 3 aliphatic heterocycles. The van der Waals surface area contributed by atoms with Crippen LogP contribution in [0.25, 0.3) is 0 Å². The molecule has 144 valence electrons. The number of rotatable bonds is 5. The summed E-state index contributed by atoms with van der Waals surface area (Å²) in [5.74, 6) is 0.338. The van der Waals surface area contributed by atoms with E-state index in [1.54, 1.807) is 0 Å². The largest absolute Gasteiger partial charge is 0.464 e. The van der Waals surface area contributed by atoms with Crippen LogP contribution < -0.4 is 0 Å². The number of imide groups is 1. The normalized spacial score (nSPS) is 41.6. The molecule has 6 unspecified atom stereocenters. The molecule has 26 heavy (non-hydrogen) atoms. The van der Waals surface area contributed by atoms with E-state index in [1.165, 1.54) is 19.3 Å². The van der Waals surface area contributed by atoms with Gasteiger partial charge in [0.2, 0.25) is 11.8 Å². The summed E-state index contributed by atoms with van der Waals surface area (Å²) >= 11 is 0. The van der Waals surface area contributed by atoms with E-state index in [4.69, 9.17) is 9.47 Å². The van der Waals surface area contributed by atoms with Crippen molar-refractivity contribution in [2.24, 2.45) is 29.6 Å². The molecule has 4 aliphatic rings. The highest BCUT2D eigenvalue weighted by Crippen LogP contribution is 2.48. The quantitative estimate of drug-likeness (QED) is 0.553. The molecule has 0 N–H and O–H groups in total. The maximum atomic E-state index is 12.5. The van der Waals surface area contributed by atoms with Gasteiger partial charge < -0.3 is 9.47 Å². The van der Waals surface area contributed by atoms with E-state index in [0.717, 1.165) is 36.0 Å². The first-order valence-corrected chi connectivity index (χ1v) is 10.1. The van der Waals surface area contributed by atoms with Crippen molar-refractivity contribution >= 4 is 17.8 Å². The number of hydrogen-bond donors (Lipinski definition) is 0. The Morgan fingerprint density at radius 1 is 1.04 bits per heavy atom. The zero-order chi connectivity index (χ0) is 18.4. The average Bonchev–Trinajstić information content (AvgIpc) is 3.24. The van der Waals surface area contributed by atoms with Gasteiger partial charge in [-0.2, -0.15) is 0 Å². The van der Waals surface area contributed by atoms with Crippen LogP contribution in [-0.2, 0) is 23.9 Å². The van der Waals surface area contributed by atoms with Crippen molar-refractivity contribution < 1.29 is 23.9 Å². The third-order valence-corrected chi connectivity index (χ3v) is 6.73. The van der Waals surface area contributed by atoms with Crippen molar-refractivity contribution in [1.29, 1.82) is 0 Å². The van der Waals surface area contributed by atoms with E-state index in [-0.39, 0.29) is 42.4 Å². The van der Waals surface area contributed by atoms with Crippen molar-refractivity contribution in [3.05, 3.63) is 0 Å². The van der Waals surface area contributed by atoms with Gasteiger partial charge in [0.15, 0.2) is 0 Å². The van der Waals surface area contributed by atoms with Gasteiger partial charge in [0, 0.05) is 0 Å². The molecular weight excluding hydrogens is 334 g/mol. The van der Waals surface area contributed by atoms with E-state index in [0.29, 0.717) is 12.5 Å². The summed E-state index contributed by atoms with van der Waals surface area (Å²) in [6.45, 7) is 4.70. The molecule has 2 bridgehead atoms. The van der Waals surface area contributed by atoms with Crippen LogP contribution in [0.4, 0.5) is 0 Å². The van der Waals surface area contributed by atoms with Gasteiger partial charge in [-0.25, -0.2) is 0 Å². The highest BCUT2D eigenvalue weighted by Gasteiger charge is 2.62. The van der Waals surface area contributed by atoms with Crippen LogP contribution in [0.5, 0.6) is 0 Å². The number of carbonyl (C=O) groups excluding carboxylic acids is 3. The van der Waals surface area contributed by atoms with Gasteiger partial charge in [-0.05, 0) is 56.3 Å². The highest BCUT2D eigenvalue weighted by atomic mass is 16.5. The minimum absolute atomic E-state index is 0.141. The number of nitrogens with zero attached hydrogens (tertiary/aromatic N) is 1. The van der Waals surface area contributed by atoms with E-state index < -0.39 is 5.97 Å². The molecule has 4 fully saturated rings. The summed E-state index contributed by atoms with van der Waals surface area (Å²) in [5.41, 5.74) is 0. The number of hydrogen-bond acceptors (Lipinski definition) is 5. The number of esters is 1. The first-order valence-electron chi connectivity index (χ1n) is 10.1. The predicted octanol–water partition coefficient (Wildman–Crippen LogP) is 2.15. The summed E-state index contributed by atoms with van der Waals surface area (Å²) in [5, 5.41) is 0. The fraction of sp³-hybridized carbons (Fsp3) is 0.850. The summed E-state index contributed by atoms with van der Waals surface area (Å²) in [7, 11) is 0. The van der Waals surface area contributed by atoms with Gasteiger partial charge in [-0.1, -0.05) is 13.8 Å². The second kappa shape index (κ2) is 6.95. The Bertz CT molecular complexity index is 567. The van der Waals surface area contributed by atoms with Crippen LogP contribution in [0.3, 0.4) is 0 Å². The predicted molar refractivity (Wildman–Crippen MR) is 92.8 cm³/mol. The van der Waals surface area contributed by atoms with Gasteiger partial charge >= 0.3 is 5.97 Å². The molecule has 1 aliphatic carbocycles. The molecule has 6 nitrogen and oxygen atoms in total. The Kier molecular flexibility index (Phi) is 4.80. The molecule has 1 saturated carbocycles. The number of carbonyl (C=O) groups is 3. The molecule has 0 aromatic heterocycles. The van der Waals surface area contributed by atoms with Crippen LogP contribution >= 0.6 is 0 Å². The average molecular weight is 363 g/mol. The number of likely N-dealkylation sites (tertiary alicyclic amines) is 1. The molecule has 4 rings (SSSR count). The van der Waals surface area contributed by atoms with Crippen LogP contribution in [0.15, 0.2) is 0 Å². The lowest BCUT2D eigenvalue weighted by atomic mass is 9.75. The number of fused-ring (bicyclic) bond motifs is 5. The smallest absolute Gasteiger partial charge is 0.326 e. The molecule has 0 aromatic rings. The van der Waals surface area contributed by atoms with Gasteiger partial charge in [0.05, 0.1) is 30.7 Å². The lowest BCUT2D eigenvalue weighted by Gasteiger charge is -2.31. The molecule has 6 atom stereocenters. The Hall–Kier alpha value is -1.43. The SMILES string of the molecule is CC1CC(C)CC(CCOC(=O)CN2C(=O)C3C4CCC(O4)C3C2=O)C1. The van der Waals surface area contributed by atoms with Crippen molar-refractivity contribution in [3.63, 3.8) is 0 Å². The van der Waals surface area contributed by atoms with Crippen LogP contribution in [-0.4, -0.2) is 48.0 Å². The second-order valence-electron chi connectivity index (χ2n) is 8.90. The fourth-order valence-corrected chi connectivity index (χ4v) is 5.79. The second-order valence-corrected chi connectivity index (χ2v) is 8.90. The number of amides is 2. The highest BCUT2D eigenvalue weighted by molar-refractivity contribution is 6.08. The Balaban J connectivity index is 1.25. The van der Waals surface area contributed by atoms with Crippen LogP contribution in [0.2, 0.25) is 0 Å². The third kappa shape index (κ3) is 3.17. The zero-order valence-corrected chi connectivity index (χ0v) is 15.7. The van der Waals surface area contributed by atoms with E-state index in [2.05, 4.69) is 13.8 Å². The topological polar surface area (TPSA) is 72.9 Å². The van der Waals surface area contributed by atoms with Crippen molar-refractivity contribution in [3.8, 4) is 0 Å². The first kappa shape index (κ1) is 18.0. The molecule has 0 aromatic carbocycles. The van der Waals surface area contributed by atoms with Crippen molar-refractivity contribution in [2.45, 2.75) is 64.6 Å². The van der Waals surface area contributed by atoms with Gasteiger partial charge in [-0.15, -0.1) is 0 Å². The van der Waals surface area contributed by atoms with E-state index >= 15 is 0 Å². The van der Waals surface area contributed by atoms with Crippen LogP contribution in [0, 0.1) is 29.6 Å². The zero-order valence-electron chi connectivity index (χ0n) is 15.7. The third-order valence-electron chi connectivity index (χ3n) is 6.73. The molecule has 0 spiro atoms. The summed E-state index contributed by atoms with van der Waals surface area (Å²) in [6, 6.07) is 0. The minimum atomic E-state index is -0.475. The molecule has 3 heterocycles. The lowest BCUT2D eigenvalue weighted by Crippen LogP contribution is -2.39. The van der Waals surface area contributed by atoms with E-state index in [9.17, 15) is 14.4 Å². The Morgan fingerprint density at radius 3 is 2.19 bits per heavy atom. The number of ether oxygens (including phenoxy) is 2. The first-order chi connectivity index (χ1) is 12.4. The monoisotopic (exact) mass is 363 g/mol. The molecule has 6 heteroatoms. The van der Waals surface area contributed by atoms with Crippen molar-refractivity contribution in [1.82, 2.24) is 4.90 Å². The fourth-order valence-electron chi connectivity index (χ4n) is 5.79. The van der Waals surface area contributed by atoms with Crippen molar-refractivity contribution in [2.75, 3.05) is 13.2 Å². The maximum absolute atomic E-state index is 12.5. The van der Waals surface area contributed by atoms with Gasteiger partial charge in [0.1, 0.15) is 6.54 Å². The standard InChI is InChI=1S/C20H29NO5/c1-11-7-12(2)9-13(8-11)5-6-25-16(22)10-21-19(23)17-14-3-4-15(26-14)18(17)20(21)24/h11-15,17-18H,3-10H2,1-2H3.